The Labute approximate surface area is 119 Å². The minimum Gasteiger partial charge on any atom is -0.398 e. The highest BCUT2D eigenvalue weighted by Gasteiger charge is 2.22. The summed E-state index contributed by atoms with van der Waals surface area (Å²) >= 11 is 0. The lowest BCUT2D eigenvalue weighted by Crippen LogP contribution is -2.45. The fraction of sp³-hybridized carbons (Fsp3) is 0.462. The van der Waals surface area contributed by atoms with E-state index in [0.717, 1.165) is 5.56 Å². The van der Waals surface area contributed by atoms with Crippen molar-refractivity contribution in [2.75, 3.05) is 18.9 Å². The van der Waals surface area contributed by atoms with Gasteiger partial charge >= 0.3 is 0 Å². The third-order valence-electron chi connectivity index (χ3n) is 2.74. The van der Waals surface area contributed by atoms with Crippen molar-refractivity contribution in [1.29, 1.82) is 5.26 Å². The largest absolute Gasteiger partial charge is 0.398 e. The number of nitriles is 1. The summed E-state index contributed by atoms with van der Waals surface area (Å²) in [5.74, 6) is 0. The average molecular weight is 286 g/mol. The van der Waals surface area contributed by atoms with Crippen LogP contribution in [0.25, 0.3) is 0 Å². The maximum atomic E-state index is 9.41. The van der Waals surface area contributed by atoms with Gasteiger partial charge in [0.05, 0.1) is 24.8 Å². The monoisotopic (exact) mass is 285 g/mol. The number of aliphatic hydroxyl groups is 2. The number of benzene rings is 1. The molecule has 5 nitrogen and oxygen atoms in total. The summed E-state index contributed by atoms with van der Waals surface area (Å²) in [6.07, 6.45) is 0. The summed E-state index contributed by atoms with van der Waals surface area (Å²) in [4.78, 5) is 0. The molecule has 1 unspecified atom stereocenters. The maximum absolute atomic E-state index is 9.41. The zero-order chi connectivity index (χ0) is 13.8. The molecule has 0 aliphatic carbocycles. The van der Waals surface area contributed by atoms with E-state index in [4.69, 9.17) is 11.0 Å². The van der Waals surface area contributed by atoms with Crippen LogP contribution in [0.5, 0.6) is 0 Å². The zero-order valence-corrected chi connectivity index (χ0v) is 11.9. The van der Waals surface area contributed by atoms with Gasteiger partial charge in [0.15, 0.2) is 0 Å². The highest BCUT2D eigenvalue weighted by atomic mass is 35.5. The van der Waals surface area contributed by atoms with Crippen LogP contribution < -0.4 is 11.1 Å². The highest BCUT2D eigenvalue weighted by molar-refractivity contribution is 5.85. The Hall–Kier alpha value is -1.32. The molecule has 1 aromatic carbocycles. The minimum absolute atomic E-state index is 0. The molecule has 6 heteroatoms. The number of nitrogens with one attached hydrogen (secondary N) is 1. The van der Waals surface area contributed by atoms with Crippen molar-refractivity contribution in [3.05, 3.63) is 29.3 Å². The number of halogens is 1. The molecule has 0 spiro atoms. The quantitative estimate of drug-likeness (QED) is 0.604. The Morgan fingerprint density at radius 2 is 2.05 bits per heavy atom. The summed E-state index contributed by atoms with van der Waals surface area (Å²) in [6.45, 7) is 3.48. The molecule has 0 bridgehead atoms. The van der Waals surface area contributed by atoms with Gasteiger partial charge in [-0.25, -0.2) is 0 Å². The van der Waals surface area contributed by atoms with Crippen molar-refractivity contribution in [3.8, 4) is 6.07 Å². The van der Waals surface area contributed by atoms with E-state index in [9.17, 15) is 10.2 Å². The Balaban J connectivity index is 0.00000324. The van der Waals surface area contributed by atoms with Gasteiger partial charge in [0, 0.05) is 11.2 Å². The van der Waals surface area contributed by atoms with E-state index in [1.807, 2.05) is 19.9 Å². The molecular weight excluding hydrogens is 266 g/mol. The number of nitrogen functional groups attached to an aromatic ring is 1. The van der Waals surface area contributed by atoms with Gasteiger partial charge in [0.25, 0.3) is 0 Å². The Morgan fingerprint density at radius 3 is 2.53 bits per heavy atom. The average Bonchev–Trinajstić information content (AvgIpc) is 2.37. The summed E-state index contributed by atoms with van der Waals surface area (Å²) < 4.78 is 0. The first kappa shape index (κ1) is 17.7. The topological polar surface area (TPSA) is 102 Å². The van der Waals surface area contributed by atoms with Gasteiger partial charge in [-0.2, -0.15) is 5.26 Å². The fourth-order valence-electron chi connectivity index (χ4n) is 1.64. The van der Waals surface area contributed by atoms with Crippen LogP contribution in [0.15, 0.2) is 18.2 Å². The van der Waals surface area contributed by atoms with Crippen molar-refractivity contribution >= 4 is 18.1 Å². The smallest absolute Gasteiger partial charge is 0.101 e. The molecule has 0 radical (unpaired) electrons. The number of anilines is 1. The van der Waals surface area contributed by atoms with Crippen molar-refractivity contribution in [1.82, 2.24) is 5.32 Å². The Bertz CT molecular complexity index is 458. The maximum Gasteiger partial charge on any atom is 0.101 e. The lowest BCUT2D eigenvalue weighted by Gasteiger charge is -2.29. The first-order valence-corrected chi connectivity index (χ1v) is 5.72. The fourth-order valence-corrected chi connectivity index (χ4v) is 1.64. The molecule has 0 aliphatic heterocycles. The number of nitrogens with two attached hydrogens (primary N) is 1. The first-order valence-electron chi connectivity index (χ1n) is 5.72. The molecule has 0 aromatic heterocycles. The van der Waals surface area contributed by atoms with Gasteiger partial charge < -0.3 is 21.3 Å². The van der Waals surface area contributed by atoms with E-state index in [-0.39, 0.29) is 31.7 Å². The van der Waals surface area contributed by atoms with Crippen LogP contribution in [0.4, 0.5) is 5.69 Å². The number of aliphatic hydroxyl groups excluding tert-OH is 2. The predicted octanol–water partition coefficient (Wildman–Crippen LogP) is 0.956. The molecule has 106 valence electrons. The van der Waals surface area contributed by atoms with Crippen molar-refractivity contribution in [3.63, 3.8) is 0 Å². The van der Waals surface area contributed by atoms with E-state index in [1.54, 1.807) is 18.2 Å². The molecular formula is C13H20ClN3O2. The highest BCUT2D eigenvalue weighted by Crippen LogP contribution is 2.21. The van der Waals surface area contributed by atoms with E-state index in [2.05, 4.69) is 5.32 Å². The third kappa shape index (κ3) is 4.69. The van der Waals surface area contributed by atoms with Gasteiger partial charge in [0.1, 0.15) is 6.07 Å². The van der Waals surface area contributed by atoms with Crippen LogP contribution in [0.2, 0.25) is 0 Å². The van der Waals surface area contributed by atoms with Gasteiger partial charge in [0.2, 0.25) is 0 Å². The van der Waals surface area contributed by atoms with Crippen LogP contribution in [0.1, 0.15) is 31.0 Å². The summed E-state index contributed by atoms with van der Waals surface area (Å²) in [6, 6.07) is 6.71. The second-order valence-electron chi connectivity index (χ2n) is 4.88. The number of rotatable bonds is 5. The Morgan fingerprint density at radius 1 is 1.42 bits per heavy atom. The standard InChI is InChI=1S/C13H19N3O2.ClH/c1-13(2,8-18)16-12(7-17)9-3-4-11(15)10(5-9)6-14;/h3-5,12,16-18H,7-8,15H2,1-2H3;1H. The van der Waals surface area contributed by atoms with E-state index < -0.39 is 5.54 Å². The van der Waals surface area contributed by atoms with E-state index >= 15 is 0 Å². The van der Waals surface area contributed by atoms with Crippen LogP contribution >= 0.6 is 12.4 Å². The van der Waals surface area contributed by atoms with Crippen molar-refractivity contribution in [2.45, 2.75) is 25.4 Å². The molecule has 0 aliphatic rings. The van der Waals surface area contributed by atoms with Crippen molar-refractivity contribution < 1.29 is 10.2 Å². The lowest BCUT2D eigenvalue weighted by atomic mass is 9.99. The third-order valence-corrected chi connectivity index (χ3v) is 2.74. The molecule has 1 atom stereocenters. The van der Waals surface area contributed by atoms with Gasteiger partial charge in [-0.1, -0.05) is 6.07 Å². The normalized spacial score (nSPS) is 12.4. The molecule has 0 saturated carbocycles. The molecule has 0 heterocycles. The van der Waals surface area contributed by atoms with Gasteiger partial charge in [-0.3, -0.25) is 0 Å². The van der Waals surface area contributed by atoms with Crippen LogP contribution in [0, 0.1) is 11.3 Å². The molecule has 5 N–H and O–H groups in total. The summed E-state index contributed by atoms with van der Waals surface area (Å²) in [5.41, 5.74) is 6.71. The summed E-state index contributed by atoms with van der Waals surface area (Å²) in [5, 5.41) is 30.7. The molecule has 0 saturated heterocycles. The lowest BCUT2D eigenvalue weighted by molar-refractivity contribution is 0.150. The second kappa shape index (κ2) is 7.31. The minimum atomic E-state index is -0.512. The second-order valence-corrected chi connectivity index (χ2v) is 4.88. The van der Waals surface area contributed by atoms with Gasteiger partial charge in [-0.15, -0.1) is 12.4 Å². The van der Waals surface area contributed by atoms with E-state index in [0.29, 0.717) is 11.3 Å². The SMILES string of the molecule is CC(C)(CO)NC(CO)c1ccc(N)c(C#N)c1.Cl. The molecule has 0 amide bonds. The van der Waals surface area contributed by atoms with Gasteiger partial charge in [-0.05, 0) is 31.5 Å². The van der Waals surface area contributed by atoms with Crippen LogP contribution in [-0.2, 0) is 0 Å². The first-order chi connectivity index (χ1) is 8.43. The molecule has 19 heavy (non-hydrogen) atoms. The van der Waals surface area contributed by atoms with Crippen molar-refractivity contribution in [2.24, 2.45) is 0 Å². The molecule has 1 aromatic rings. The molecule has 0 fully saturated rings. The van der Waals surface area contributed by atoms with Crippen LogP contribution in [0.3, 0.4) is 0 Å². The summed E-state index contributed by atoms with van der Waals surface area (Å²) in [7, 11) is 0. The predicted molar refractivity (Wildman–Crippen MR) is 76.9 cm³/mol. The van der Waals surface area contributed by atoms with Crippen LogP contribution in [-0.4, -0.2) is 29.0 Å². The molecule has 1 rings (SSSR count). The zero-order valence-electron chi connectivity index (χ0n) is 11.1. The number of hydrogen-bond donors (Lipinski definition) is 4. The number of nitrogens with zero attached hydrogens (tertiary/aromatic N) is 1. The van der Waals surface area contributed by atoms with E-state index in [1.165, 1.54) is 0 Å². The number of hydrogen-bond acceptors (Lipinski definition) is 5. The Kier molecular flexibility index (Phi) is 6.81.